The van der Waals surface area contributed by atoms with E-state index in [1.807, 2.05) is 6.20 Å². The summed E-state index contributed by atoms with van der Waals surface area (Å²) in [6.45, 7) is 5.08. The van der Waals surface area contributed by atoms with E-state index in [0.29, 0.717) is 11.1 Å². The normalized spacial score (nSPS) is 15.5. The molecule has 0 aliphatic carbocycles. The highest BCUT2D eigenvalue weighted by atomic mass is 19.1. The Morgan fingerprint density at radius 1 is 1.21 bits per heavy atom. The lowest BCUT2D eigenvalue weighted by Crippen LogP contribution is -2.27. The average molecular weight is 391 g/mol. The average Bonchev–Trinajstić information content (AvgIpc) is 3.36. The first-order valence-electron chi connectivity index (χ1n) is 10.5. The lowest BCUT2D eigenvalue weighted by Gasteiger charge is -2.22. The Morgan fingerprint density at radius 3 is 2.93 bits per heavy atom. The number of H-pyrrole nitrogens is 1. The first-order chi connectivity index (χ1) is 14.2. The first kappa shape index (κ1) is 18.3. The summed E-state index contributed by atoms with van der Waals surface area (Å²) in [7, 11) is 0. The fourth-order valence-electron chi connectivity index (χ4n) is 4.43. The van der Waals surface area contributed by atoms with Gasteiger partial charge in [0.25, 0.3) is 0 Å². The zero-order chi connectivity index (χ0) is 19.8. The van der Waals surface area contributed by atoms with Crippen LogP contribution in [0.15, 0.2) is 36.7 Å². The molecule has 5 nitrogen and oxygen atoms in total. The minimum atomic E-state index is -0.231. The SMILES string of the molecule is Cc1c(F)ccc2[nH]c(-c3cnc4c(ccn4CCCC4CCNCC4)c3)nc12. The molecule has 5 rings (SSSR count). The molecule has 4 aromatic rings. The van der Waals surface area contributed by atoms with E-state index in [-0.39, 0.29) is 5.82 Å². The molecule has 2 N–H and O–H groups in total. The summed E-state index contributed by atoms with van der Waals surface area (Å²) in [4.78, 5) is 12.6. The van der Waals surface area contributed by atoms with E-state index in [1.54, 1.807) is 13.0 Å². The maximum atomic E-state index is 13.8. The van der Waals surface area contributed by atoms with Crippen molar-refractivity contribution in [2.24, 2.45) is 5.92 Å². The number of pyridine rings is 1. The third-order valence-corrected chi connectivity index (χ3v) is 6.19. The van der Waals surface area contributed by atoms with Gasteiger partial charge in [0, 0.05) is 35.5 Å². The van der Waals surface area contributed by atoms with Crippen LogP contribution in [0.1, 0.15) is 31.2 Å². The van der Waals surface area contributed by atoms with E-state index >= 15 is 0 Å². The monoisotopic (exact) mass is 391 g/mol. The number of nitrogens with one attached hydrogen (secondary N) is 2. The lowest BCUT2D eigenvalue weighted by atomic mass is 9.93. The van der Waals surface area contributed by atoms with E-state index in [9.17, 15) is 4.39 Å². The van der Waals surface area contributed by atoms with E-state index in [1.165, 1.54) is 31.7 Å². The van der Waals surface area contributed by atoms with Gasteiger partial charge >= 0.3 is 0 Å². The van der Waals surface area contributed by atoms with Crippen LogP contribution in [0.4, 0.5) is 4.39 Å². The Morgan fingerprint density at radius 2 is 2.07 bits per heavy atom. The molecule has 29 heavy (non-hydrogen) atoms. The van der Waals surface area contributed by atoms with Crippen LogP contribution in [0, 0.1) is 18.7 Å². The number of rotatable bonds is 5. The molecule has 6 heteroatoms. The molecule has 0 radical (unpaired) electrons. The number of halogens is 1. The van der Waals surface area contributed by atoms with Crippen molar-refractivity contribution >= 4 is 22.1 Å². The predicted molar refractivity (Wildman–Crippen MR) is 114 cm³/mol. The van der Waals surface area contributed by atoms with Gasteiger partial charge in [-0.15, -0.1) is 0 Å². The van der Waals surface area contributed by atoms with Crippen molar-refractivity contribution < 1.29 is 4.39 Å². The molecule has 0 atom stereocenters. The fraction of sp³-hybridized carbons (Fsp3) is 0.391. The number of nitrogens with zero attached hydrogens (tertiary/aromatic N) is 3. The Bertz CT molecular complexity index is 1150. The van der Waals surface area contributed by atoms with Crippen molar-refractivity contribution in [1.29, 1.82) is 0 Å². The van der Waals surface area contributed by atoms with Gasteiger partial charge in [-0.25, -0.2) is 14.4 Å². The van der Waals surface area contributed by atoms with Crippen molar-refractivity contribution in [2.45, 2.75) is 39.2 Å². The zero-order valence-electron chi connectivity index (χ0n) is 16.7. The molecule has 1 aliphatic rings. The van der Waals surface area contributed by atoms with E-state index in [2.05, 4.69) is 38.2 Å². The van der Waals surface area contributed by atoms with Crippen LogP contribution in [0.3, 0.4) is 0 Å². The minimum absolute atomic E-state index is 0.231. The summed E-state index contributed by atoms with van der Waals surface area (Å²) in [5.74, 6) is 1.35. The maximum Gasteiger partial charge on any atom is 0.140 e. The Hall–Kier alpha value is -2.73. The van der Waals surface area contributed by atoms with Crippen LogP contribution < -0.4 is 5.32 Å². The molecule has 0 unspecified atom stereocenters. The lowest BCUT2D eigenvalue weighted by molar-refractivity contribution is 0.340. The number of aromatic amines is 1. The standard InChI is InChI=1S/C23H26FN5/c1-15-19(24)4-5-20-21(15)28-22(27-20)18-13-17-8-12-29(23(17)26-14-18)11-2-3-16-6-9-25-10-7-16/h4-5,8,12-14,16,25H,2-3,6-7,9-11H2,1H3,(H,27,28). The van der Waals surface area contributed by atoms with Crippen molar-refractivity contribution in [2.75, 3.05) is 13.1 Å². The summed E-state index contributed by atoms with van der Waals surface area (Å²) in [6.07, 6.45) is 9.06. The van der Waals surface area contributed by atoms with Crippen LogP contribution in [0.2, 0.25) is 0 Å². The van der Waals surface area contributed by atoms with Gasteiger partial charge in [0.1, 0.15) is 17.3 Å². The summed E-state index contributed by atoms with van der Waals surface area (Å²) < 4.78 is 16.1. The van der Waals surface area contributed by atoms with Crippen molar-refractivity contribution in [3.05, 3.63) is 48.0 Å². The highest BCUT2D eigenvalue weighted by Gasteiger charge is 2.14. The molecule has 3 aromatic heterocycles. The number of piperidine rings is 1. The smallest absolute Gasteiger partial charge is 0.140 e. The van der Waals surface area contributed by atoms with Gasteiger partial charge in [-0.1, -0.05) is 0 Å². The van der Waals surface area contributed by atoms with E-state index in [0.717, 1.165) is 53.5 Å². The molecule has 0 bridgehead atoms. The summed E-state index contributed by atoms with van der Waals surface area (Å²) in [5.41, 5.74) is 4.02. The fourth-order valence-corrected chi connectivity index (χ4v) is 4.43. The second kappa shape index (κ2) is 7.59. The number of imidazole rings is 1. The van der Waals surface area contributed by atoms with Gasteiger partial charge in [-0.2, -0.15) is 0 Å². The van der Waals surface area contributed by atoms with Crippen molar-refractivity contribution in [1.82, 2.24) is 24.8 Å². The Labute approximate surface area is 169 Å². The van der Waals surface area contributed by atoms with Gasteiger partial charge < -0.3 is 14.9 Å². The molecule has 0 saturated carbocycles. The summed E-state index contributed by atoms with van der Waals surface area (Å²) in [5, 5.41) is 4.54. The van der Waals surface area contributed by atoms with Crippen LogP contribution in [0.5, 0.6) is 0 Å². The van der Waals surface area contributed by atoms with Crippen LogP contribution in [0.25, 0.3) is 33.5 Å². The number of fused-ring (bicyclic) bond motifs is 2. The van der Waals surface area contributed by atoms with Gasteiger partial charge in [-0.3, -0.25) is 0 Å². The molecule has 4 heterocycles. The number of aromatic nitrogens is 4. The molecule has 0 amide bonds. The second-order valence-electron chi connectivity index (χ2n) is 8.14. The minimum Gasteiger partial charge on any atom is -0.338 e. The number of benzene rings is 1. The molecule has 1 saturated heterocycles. The van der Waals surface area contributed by atoms with Crippen molar-refractivity contribution in [3.63, 3.8) is 0 Å². The van der Waals surface area contributed by atoms with Crippen molar-refractivity contribution in [3.8, 4) is 11.4 Å². The predicted octanol–water partition coefficient (Wildman–Crippen LogP) is 4.81. The maximum absolute atomic E-state index is 13.8. The third kappa shape index (κ3) is 3.53. The molecular weight excluding hydrogens is 365 g/mol. The highest BCUT2D eigenvalue weighted by Crippen LogP contribution is 2.26. The second-order valence-corrected chi connectivity index (χ2v) is 8.14. The topological polar surface area (TPSA) is 58.5 Å². The van der Waals surface area contributed by atoms with Crippen LogP contribution in [-0.2, 0) is 6.54 Å². The van der Waals surface area contributed by atoms with Gasteiger partial charge in [0.05, 0.1) is 11.0 Å². The van der Waals surface area contributed by atoms with E-state index in [4.69, 9.17) is 4.98 Å². The molecule has 0 spiro atoms. The van der Waals surface area contributed by atoms with E-state index < -0.39 is 0 Å². The quantitative estimate of drug-likeness (QED) is 0.513. The molecule has 1 aromatic carbocycles. The van der Waals surface area contributed by atoms with Gasteiger partial charge in [0.2, 0.25) is 0 Å². The summed E-state index contributed by atoms with van der Waals surface area (Å²) >= 11 is 0. The first-order valence-corrected chi connectivity index (χ1v) is 10.5. The molecular formula is C23H26FN5. The Kier molecular flexibility index (Phi) is 4.79. The Balaban J connectivity index is 1.35. The number of aryl methyl sites for hydroxylation is 2. The largest absolute Gasteiger partial charge is 0.338 e. The third-order valence-electron chi connectivity index (χ3n) is 6.19. The van der Waals surface area contributed by atoms with Gasteiger partial charge in [-0.05, 0) is 75.9 Å². The molecule has 1 fully saturated rings. The molecule has 1 aliphatic heterocycles. The zero-order valence-corrected chi connectivity index (χ0v) is 16.7. The van der Waals surface area contributed by atoms with Gasteiger partial charge in [0.15, 0.2) is 0 Å². The molecule has 150 valence electrons. The number of hydrogen-bond acceptors (Lipinski definition) is 3. The summed E-state index contributed by atoms with van der Waals surface area (Å²) in [6, 6.07) is 7.43. The van der Waals surface area contributed by atoms with Crippen LogP contribution in [-0.4, -0.2) is 32.6 Å². The van der Waals surface area contributed by atoms with Crippen LogP contribution >= 0.6 is 0 Å². The highest BCUT2D eigenvalue weighted by molar-refractivity contribution is 5.85. The number of hydrogen-bond donors (Lipinski definition) is 2.